The van der Waals surface area contributed by atoms with Crippen molar-refractivity contribution in [3.63, 3.8) is 0 Å². The summed E-state index contributed by atoms with van der Waals surface area (Å²) in [5, 5.41) is 0. The Morgan fingerprint density at radius 3 is 2.59 bits per heavy atom. The smallest absolute Gasteiger partial charge is 0.309 e. The van der Waals surface area contributed by atoms with Crippen molar-refractivity contribution in [2.75, 3.05) is 14.2 Å². The van der Waals surface area contributed by atoms with E-state index in [4.69, 9.17) is 9.15 Å². The molecule has 0 saturated heterocycles. The molecule has 4 nitrogen and oxygen atoms in total. The van der Waals surface area contributed by atoms with Gasteiger partial charge in [-0.3, -0.25) is 9.69 Å². The lowest BCUT2D eigenvalue weighted by atomic mass is 10.0. The lowest BCUT2D eigenvalue weighted by Gasteiger charge is -2.27. The van der Waals surface area contributed by atoms with Gasteiger partial charge in [-0.05, 0) is 33.0 Å². The maximum absolute atomic E-state index is 11.4. The minimum absolute atomic E-state index is 0.104. The van der Waals surface area contributed by atoms with E-state index in [0.717, 1.165) is 11.5 Å². The zero-order valence-electron chi connectivity index (χ0n) is 11.2. The number of hydrogen-bond donors (Lipinski definition) is 0. The fraction of sp³-hybridized carbons (Fsp3) is 0.615. The first kappa shape index (κ1) is 13.8. The highest BCUT2D eigenvalue weighted by atomic mass is 16.5. The third kappa shape index (κ3) is 3.60. The van der Waals surface area contributed by atoms with Gasteiger partial charge in [-0.25, -0.2) is 0 Å². The fourth-order valence-corrected chi connectivity index (χ4v) is 1.72. The van der Waals surface area contributed by atoms with Crippen LogP contribution in [0.25, 0.3) is 0 Å². The van der Waals surface area contributed by atoms with E-state index < -0.39 is 0 Å². The van der Waals surface area contributed by atoms with Crippen molar-refractivity contribution in [1.82, 2.24) is 4.90 Å². The SMILES string of the molecule is COC(=O)C(C)C(C)N(C)Cc1ccc(C)o1. The Bertz CT molecular complexity index is 372. The molecule has 4 heteroatoms. The second-order valence-corrected chi connectivity index (χ2v) is 4.48. The molecule has 1 aromatic rings. The predicted octanol–water partition coefficient (Wildman–Crippen LogP) is 2.22. The first-order valence-corrected chi connectivity index (χ1v) is 5.79. The Balaban J connectivity index is 2.57. The molecule has 1 rings (SSSR count). The highest BCUT2D eigenvalue weighted by Gasteiger charge is 2.24. The van der Waals surface area contributed by atoms with Crippen molar-refractivity contribution in [3.05, 3.63) is 23.7 Å². The summed E-state index contributed by atoms with van der Waals surface area (Å²) >= 11 is 0. The minimum atomic E-state index is -0.181. The molecule has 0 aliphatic carbocycles. The van der Waals surface area contributed by atoms with Gasteiger partial charge in [-0.15, -0.1) is 0 Å². The maximum Gasteiger partial charge on any atom is 0.309 e. The van der Waals surface area contributed by atoms with Crippen molar-refractivity contribution in [2.45, 2.75) is 33.4 Å². The average Bonchev–Trinajstić information content (AvgIpc) is 2.71. The normalized spacial score (nSPS) is 14.7. The summed E-state index contributed by atoms with van der Waals surface area (Å²) in [5.41, 5.74) is 0. The van der Waals surface area contributed by atoms with Gasteiger partial charge in [0.1, 0.15) is 11.5 Å². The molecule has 0 fully saturated rings. The third-order valence-corrected chi connectivity index (χ3v) is 3.19. The first-order valence-electron chi connectivity index (χ1n) is 5.79. The van der Waals surface area contributed by atoms with E-state index in [-0.39, 0.29) is 17.9 Å². The second-order valence-electron chi connectivity index (χ2n) is 4.48. The summed E-state index contributed by atoms with van der Waals surface area (Å²) in [6.07, 6.45) is 0. The van der Waals surface area contributed by atoms with Gasteiger partial charge in [0.05, 0.1) is 19.6 Å². The Hall–Kier alpha value is -1.29. The molecule has 0 radical (unpaired) electrons. The number of carbonyl (C=O) groups is 1. The van der Waals surface area contributed by atoms with Crippen molar-refractivity contribution in [1.29, 1.82) is 0 Å². The number of nitrogens with zero attached hydrogens (tertiary/aromatic N) is 1. The van der Waals surface area contributed by atoms with Crippen molar-refractivity contribution < 1.29 is 13.9 Å². The summed E-state index contributed by atoms with van der Waals surface area (Å²) in [7, 11) is 3.39. The van der Waals surface area contributed by atoms with Crippen molar-refractivity contribution >= 4 is 5.97 Å². The quantitative estimate of drug-likeness (QED) is 0.739. The molecule has 17 heavy (non-hydrogen) atoms. The van der Waals surface area contributed by atoms with Gasteiger partial charge in [-0.2, -0.15) is 0 Å². The number of ether oxygens (including phenoxy) is 1. The summed E-state index contributed by atoms with van der Waals surface area (Å²) in [6.45, 7) is 6.50. The van der Waals surface area contributed by atoms with Gasteiger partial charge in [0.2, 0.25) is 0 Å². The molecule has 96 valence electrons. The van der Waals surface area contributed by atoms with Crippen LogP contribution in [0, 0.1) is 12.8 Å². The second kappa shape index (κ2) is 5.87. The lowest BCUT2D eigenvalue weighted by molar-refractivity contribution is -0.146. The molecule has 1 heterocycles. The van der Waals surface area contributed by atoms with Crippen LogP contribution in [-0.4, -0.2) is 31.1 Å². The van der Waals surface area contributed by atoms with Crippen LogP contribution in [0.15, 0.2) is 16.5 Å². The van der Waals surface area contributed by atoms with E-state index in [0.29, 0.717) is 6.54 Å². The van der Waals surface area contributed by atoms with E-state index in [1.807, 2.05) is 40.0 Å². The summed E-state index contributed by atoms with van der Waals surface area (Å²) in [5.74, 6) is 1.48. The highest BCUT2D eigenvalue weighted by molar-refractivity contribution is 5.72. The predicted molar refractivity (Wildman–Crippen MR) is 65.6 cm³/mol. The first-order chi connectivity index (χ1) is 7.95. The highest BCUT2D eigenvalue weighted by Crippen LogP contribution is 2.15. The molecular weight excluding hydrogens is 218 g/mol. The van der Waals surface area contributed by atoms with E-state index in [2.05, 4.69) is 4.90 Å². The Kier molecular flexibility index (Phi) is 4.75. The zero-order valence-corrected chi connectivity index (χ0v) is 11.2. The fourth-order valence-electron chi connectivity index (χ4n) is 1.72. The molecule has 0 bridgehead atoms. The van der Waals surface area contributed by atoms with Gasteiger partial charge in [0, 0.05) is 6.04 Å². The van der Waals surface area contributed by atoms with Crippen LogP contribution in [0.5, 0.6) is 0 Å². The number of esters is 1. The standard InChI is InChI=1S/C13H21NO3/c1-9-6-7-12(17-9)8-14(4)11(3)10(2)13(15)16-5/h6-7,10-11H,8H2,1-5H3. The maximum atomic E-state index is 11.4. The number of furan rings is 1. The number of hydrogen-bond acceptors (Lipinski definition) is 4. The molecule has 0 amide bonds. The van der Waals surface area contributed by atoms with E-state index in [9.17, 15) is 4.79 Å². The van der Waals surface area contributed by atoms with Crippen LogP contribution in [0.4, 0.5) is 0 Å². The van der Waals surface area contributed by atoms with Gasteiger partial charge in [-0.1, -0.05) is 6.92 Å². The topological polar surface area (TPSA) is 42.7 Å². The summed E-state index contributed by atoms with van der Waals surface area (Å²) in [4.78, 5) is 13.5. The molecule has 0 saturated carbocycles. The number of carbonyl (C=O) groups excluding carboxylic acids is 1. The molecule has 2 atom stereocenters. The van der Waals surface area contributed by atoms with Gasteiger partial charge in [0.25, 0.3) is 0 Å². The third-order valence-electron chi connectivity index (χ3n) is 3.19. The number of aryl methyl sites for hydroxylation is 1. The van der Waals surface area contributed by atoms with Crippen molar-refractivity contribution in [3.8, 4) is 0 Å². The van der Waals surface area contributed by atoms with Crippen molar-refractivity contribution in [2.24, 2.45) is 5.92 Å². The van der Waals surface area contributed by atoms with Crippen LogP contribution in [-0.2, 0) is 16.1 Å². The lowest BCUT2D eigenvalue weighted by Crippen LogP contribution is -2.37. The number of methoxy groups -OCH3 is 1. The molecular formula is C13H21NO3. The van der Waals surface area contributed by atoms with Gasteiger partial charge in [0.15, 0.2) is 0 Å². The molecule has 2 unspecified atom stereocenters. The Morgan fingerprint density at radius 2 is 2.12 bits per heavy atom. The minimum Gasteiger partial charge on any atom is -0.469 e. The Morgan fingerprint density at radius 1 is 1.47 bits per heavy atom. The van der Waals surface area contributed by atoms with Gasteiger partial charge >= 0.3 is 5.97 Å². The molecule has 0 aliphatic heterocycles. The molecule has 0 spiro atoms. The Labute approximate surface area is 103 Å². The van der Waals surface area contributed by atoms with E-state index in [1.165, 1.54) is 7.11 Å². The van der Waals surface area contributed by atoms with Gasteiger partial charge < -0.3 is 9.15 Å². The molecule has 0 N–H and O–H groups in total. The summed E-state index contributed by atoms with van der Waals surface area (Å²) in [6, 6.07) is 4.01. The van der Waals surface area contributed by atoms with Crippen LogP contribution in [0.2, 0.25) is 0 Å². The van der Waals surface area contributed by atoms with Crippen LogP contribution in [0.1, 0.15) is 25.4 Å². The largest absolute Gasteiger partial charge is 0.469 e. The molecule has 0 aromatic carbocycles. The van der Waals surface area contributed by atoms with E-state index >= 15 is 0 Å². The van der Waals surface area contributed by atoms with Crippen LogP contribution in [0.3, 0.4) is 0 Å². The van der Waals surface area contributed by atoms with Crippen LogP contribution < -0.4 is 0 Å². The molecule has 0 aliphatic rings. The zero-order chi connectivity index (χ0) is 13.0. The summed E-state index contributed by atoms with van der Waals surface area (Å²) < 4.78 is 10.3. The van der Waals surface area contributed by atoms with Crippen LogP contribution >= 0.6 is 0 Å². The average molecular weight is 239 g/mol. The number of rotatable bonds is 5. The molecule has 1 aromatic heterocycles. The monoisotopic (exact) mass is 239 g/mol. The van der Waals surface area contributed by atoms with E-state index in [1.54, 1.807) is 0 Å².